The van der Waals surface area contributed by atoms with E-state index in [4.69, 9.17) is 10.5 Å². The third kappa shape index (κ3) is 1.44. The fourth-order valence-electron chi connectivity index (χ4n) is 1.89. The molecule has 0 amide bonds. The second kappa shape index (κ2) is 3.71. The molecule has 1 aliphatic heterocycles. The summed E-state index contributed by atoms with van der Waals surface area (Å²) in [7, 11) is 0. The number of hydrogen-bond acceptors (Lipinski definition) is 3. The summed E-state index contributed by atoms with van der Waals surface area (Å²) in [5, 5.41) is 4.58. The van der Waals surface area contributed by atoms with Crippen LogP contribution in [0.4, 0.5) is 0 Å². The van der Waals surface area contributed by atoms with Gasteiger partial charge in [-0.05, 0) is 20.4 Å². The van der Waals surface area contributed by atoms with E-state index in [1.165, 1.54) is 11.3 Å². The van der Waals surface area contributed by atoms with E-state index in [2.05, 4.69) is 23.6 Å². The average Bonchev–Trinajstić information content (AvgIpc) is 2.67. The van der Waals surface area contributed by atoms with Crippen LogP contribution < -0.4 is 5.73 Å². The van der Waals surface area contributed by atoms with Crippen LogP contribution in [0, 0.1) is 0 Å². The molecule has 4 heteroatoms. The first-order valence-electron chi connectivity index (χ1n) is 5.11. The topological polar surface area (TPSA) is 53.1 Å². The van der Waals surface area contributed by atoms with Gasteiger partial charge in [0.25, 0.3) is 0 Å². The Labute approximate surface area is 84.0 Å². The first-order chi connectivity index (χ1) is 6.74. The van der Waals surface area contributed by atoms with Crippen molar-refractivity contribution in [2.75, 3.05) is 6.54 Å². The Balaban J connectivity index is 2.39. The molecule has 14 heavy (non-hydrogen) atoms. The molecule has 0 fully saturated rings. The summed E-state index contributed by atoms with van der Waals surface area (Å²) in [6, 6.07) is 0.400. The molecule has 0 unspecified atom stereocenters. The van der Waals surface area contributed by atoms with Gasteiger partial charge in [0.2, 0.25) is 0 Å². The van der Waals surface area contributed by atoms with Gasteiger partial charge in [0.15, 0.2) is 0 Å². The highest BCUT2D eigenvalue weighted by molar-refractivity contribution is 5.28. The molecule has 1 aromatic heterocycles. The molecule has 0 saturated heterocycles. The zero-order chi connectivity index (χ0) is 10.1. The summed E-state index contributed by atoms with van der Waals surface area (Å²) in [5.41, 5.74) is 9.18. The Bertz CT molecular complexity index is 330. The maximum absolute atomic E-state index is 5.55. The zero-order valence-corrected chi connectivity index (χ0v) is 8.79. The summed E-state index contributed by atoms with van der Waals surface area (Å²) in [6.07, 6.45) is 0.853. The van der Waals surface area contributed by atoms with E-state index in [0.717, 1.165) is 12.1 Å². The van der Waals surface area contributed by atoms with Gasteiger partial charge in [0.05, 0.1) is 24.6 Å². The minimum atomic E-state index is 0.400. The summed E-state index contributed by atoms with van der Waals surface area (Å²) in [4.78, 5) is 0. The Morgan fingerprint density at radius 1 is 1.50 bits per heavy atom. The van der Waals surface area contributed by atoms with Gasteiger partial charge in [-0.1, -0.05) is 0 Å². The van der Waals surface area contributed by atoms with Crippen molar-refractivity contribution in [3.05, 3.63) is 17.0 Å². The molecule has 0 aliphatic carbocycles. The fraction of sp³-hybridized carbons (Fsp3) is 0.700. The first kappa shape index (κ1) is 9.68. The van der Waals surface area contributed by atoms with E-state index in [0.29, 0.717) is 25.8 Å². The highest BCUT2D eigenvalue weighted by Crippen LogP contribution is 2.25. The molecule has 0 radical (unpaired) electrons. The van der Waals surface area contributed by atoms with E-state index in [9.17, 15) is 0 Å². The quantitative estimate of drug-likeness (QED) is 0.782. The van der Waals surface area contributed by atoms with Crippen molar-refractivity contribution in [2.24, 2.45) is 5.73 Å². The third-order valence-electron chi connectivity index (χ3n) is 2.56. The minimum absolute atomic E-state index is 0.400. The predicted molar refractivity (Wildman–Crippen MR) is 53.9 cm³/mol. The average molecular weight is 195 g/mol. The van der Waals surface area contributed by atoms with Crippen molar-refractivity contribution >= 4 is 0 Å². The molecule has 1 aliphatic rings. The molecule has 78 valence electrons. The van der Waals surface area contributed by atoms with Crippen molar-refractivity contribution in [1.82, 2.24) is 9.78 Å². The van der Waals surface area contributed by atoms with Crippen LogP contribution in [0.5, 0.6) is 0 Å². The summed E-state index contributed by atoms with van der Waals surface area (Å²) >= 11 is 0. The maximum Gasteiger partial charge on any atom is 0.0893 e. The van der Waals surface area contributed by atoms with Gasteiger partial charge in [-0.15, -0.1) is 0 Å². The molecule has 0 spiro atoms. The summed E-state index contributed by atoms with van der Waals surface area (Å²) in [6.45, 7) is 6.33. The Kier molecular flexibility index (Phi) is 2.56. The number of aromatic nitrogens is 2. The maximum atomic E-state index is 5.55. The van der Waals surface area contributed by atoms with Crippen LogP contribution in [-0.4, -0.2) is 16.3 Å². The van der Waals surface area contributed by atoms with E-state index in [1.807, 2.05) is 0 Å². The number of ether oxygens (including phenoxy) is 1. The molecule has 2 N–H and O–H groups in total. The number of rotatable bonds is 3. The lowest BCUT2D eigenvalue weighted by Gasteiger charge is -2.08. The molecule has 0 bridgehead atoms. The van der Waals surface area contributed by atoms with Crippen LogP contribution in [0.15, 0.2) is 0 Å². The second-order valence-corrected chi connectivity index (χ2v) is 3.94. The highest BCUT2D eigenvalue weighted by atomic mass is 16.5. The smallest absolute Gasteiger partial charge is 0.0893 e. The van der Waals surface area contributed by atoms with Gasteiger partial charge in [-0.3, -0.25) is 4.68 Å². The first-order valence-corrected chi connectivity index (χ1v) is 5.11. The third-order valence-corrected chi connectivity index (χ3v) is 2.56. The SMILES string of the molecule is CC(C)n1nc(CCN)c2c1COC2. The number of nitrogens with zero attached hydrogens (tertiary/aromatic N) is 2. The van der Waals surface area contributed by atoms with E-state index in [-0.39, 0.29) is 0 Å². The van der Waals surface area contributed by atoms with Crippen molar-refractivity contribution in [2.45, 2.75) is 39.5 Å². The van der Waals surface area contributed by atoms with Crippen molar-refractivity contribution in [3.63, 3.8) is 0 Å². The van der Waals surface area contributed by atoms with Crippen molar-refractivity contribution in [1.29, 1.82) is 0 Å². The van der Waals surface area contributed by atoms with Gasteiger partial charge >= 0.3 is 0 Å². The molecule has 2 heterocycles. The molecule has 0 saturated carbocycles. The number of fused-ring (bicyclic) bond motifs is 1. The molecule has 2 rings (SSSR count). The van der Waals surface area contributed by atoms with Crippen molar-refractivity contribution < 1.29 is 4.74 Å². The minimum Gasteiger partial charge on any atom is -0.370 e. The van der Waals surface area contributed by atoms with Gasteiger partial charge < -0.3 is 10.5 Å². The molecule has 0 atom stereocenters. The molecule has 4 nitrogen and oxygen atoms in total. The number of hydrogen-bond donors (Lipinski definition) is 1. The molecule has 0 aromatic carbocycles. The summed E-state index contributed by atoms with van der Waals surface area (Å²) < 4.78 is 7.49. The van der Waals surface area contributed by atoms with Crippen LogP contribution in [0.1, 0.15) is 36.8 Å². The molecule has 1 aromatic rings. The van der Waals surface area contributed by atoms with Gasteiger partial charge in [0, 0.05) is 18.0 Å². The second-order valence-electron chi connectivity index (χ2n) is 3.94. The Hall–Kier alpha value is -0.870. The Morgan fingerprint density at radius 2 is 2.29 bits per heavy atom. The van der Waals surface area contributed by atoms with Crippen LogP contribution >= 0.6 is 0 Å². The van der Waals surface area contributed by atoms with Gasteiger partial charge in [0.1, 0.15) is 0 Å². The summed E-state index contributed by atoms with van der Waals surface area (Å²) in [5.74, 6) is 0. The zero-order valence-electron chi connectivity index (χ0n) is 8.79. The van der Waals surface area contributed by atoms with Crippen LogP contribution in [0.2, 0.25) is 0 Å². The monoisotopic (exact) mass is 195 g/mol. The lowest BCUT2D eigenvalue weighted by molar-refractivity contribution is 0.128. The van der Waals surface area contributed by atoms with Gasteiger partial charge in [-0.25, -0.2) is 0 Å². The Morgan fingerprint density at radius 3 is 2.93 bits per heavy atom. The van der Waals surface area contributed by atoms with E-state index in [1.54, 1.807) is 0 Å². The predicted octanol–water partition coefficient (Wildman–Crippen LogP) is 0.995. The van der Waals surface area contributed by atoms with Gasteiger partial charge in [-0.2, -0.15) is 5.10 Å². The molecular formula is C10H17N3O. The normalized spacial score (nSPS) is 15.1. The van der Waals surface area contributed by atoms with Crippen molar-refractivity contribution in [3.8, 4) is 0 Å². The van der Waals surface area contributed by atoms with E-state index >= 15 is 0 Å². The molecular weight excluding hydrogens is 178 g/mol. The van der Waals surface area contributed by atoms with Crippen LogP contribution in [0.3, 0.4) is 0 Å². The largest absolute Gasteiger partial charge is 0.370 e. The lowest BCUT2D eigenvalue weighted by atomic mass is 10.1. The van der Waals surface area contributed by atoms with Crippen LogP contribution in [0.25, 0.3) is 0 Å². The lowest BCUT2D eigenvalue weighted by Crippen LogP contribution is -2.09. The van der Waals surface area contributed by atoms with Crippen LogP contribution in [-0.2, 0) is 24.4 Å². The van der Waals surface area contributed by atoms with E-state index < -0.39 is 0 Å². The fourth-order valence-corrected chi connectivity index (χ4v) is 1.89. The number of nitrogens with two attached hydrogens (primary N) is 1. The standard InChI is InChI=1S/C10H17N3O/c1-7(2)13-10-6-14-5-8(10)9(12-13)3-4-11/h7H,3-6,11H2,1-2H3. The highest BCUT2D eigenvalue weighted by Gasteiger charge is 2.23.